The topological polar surface area (TPSA) is 87.3 Å². The van der Waals surface area contributed by atoms with Crippen LogP contribution in [0.5, 0.6) is 0 Å². The first-order valence-corrected chi connectivity index (χ1v) is 8.84. The van der Waals surface area contributed by atoms with Crippen LogP contribution in [0.3, 0.4) is 0 Å². The molecule has 0 aliphatic carbocycles. The average Bonchev–Trinajstić information content (AvgIpc) is 2.40. The van der Waals surface area contributed by atoms with Gasteiger partial charge in [0.1, 0.15) is 0 Å². The molecule has 1 aromatic rings. The Bertz CT molecular complexity index is 616. The van der Waals surface area contributed by atoms with Crippen LogP contribution in [-0.4, -0.2) is 39.7 Å². The van der Waals surface area contributed by atoms with Gasteiger partial charge >= 0.3 is 0 Å². The van der Waals surface area contributed by atoms with E-state index < -0.39 is 10.0 Å². The van der Waals surface area contributed by atoms with Gasteiger partial charge in [-0.2, -0.15) is 0 Å². The average molecular weight is 311 g/mol. The van der Waals surface area contributed by atoms with Crippen molar-refractivity contribution in [2.45, 2.75) is 19.4 Å². The molecule has 21 heavy (non-hydrogen) atoms. The minimum atomic E-state index is -3.42. The number of piperidine rings is 1. The lowest BCUT2D eigenvalue weighted by molar-refractivity contribution is 0.0915. The van der Waals surface area contributed by atoms with Crippen LogP contribution in [0.15, 0.2) is 24.3 Å². The zero-order valence-corrected chi connectivity index (χ0v) is 13.0. The molecule has 2 rings (SSSR count). The van der Waals surface area contributed by atoms with Gasteiger partial charge in [0.15, 0.2) is 0 Å². The van der Waals surface area contributed by atoms with Crippen LogP contribution in [0.2, 0.25) is 0 Å². The number of amides is 1. The van der Waals surface area contributed by atoms with E-state index in [1.807, 2.05) is 0 Å². The fourth-order valence-electron chi connectivity index (χ4n) is 2.44. The van der Waals surface area contributed by atoms with Crippen molar-refractivity contribution in [3.8, 4) is 0 Å². The summed E-state index contributed by atoms with van der Waals surface area (Å²) in [5.74, 6) is 0.0956. The van der Waals surface area contributed by atoms with E-state index in [2.05, 4.69) is 22.3 Å². The number of para-hydroxylation sites is 1. The van der Waals surface area contributed by atoms with E-state index >= 15 is 0 Å². The van der Waals surface area contributed by atoms with Crippen LogP contribution in [0.4, 0.5) is 5.69 Å². The van der Waals surface area contributed by atoms with Crippen molar-refractivity contribution in [3.63, 3.8) is 0 Å². The van der Waals surface area contributed by atoms with Gasteiger partial charge in [0, 0.05) is 6.04 Å². The molecule has 1 amide bonds. The Balaban J connectivity index is 2.15. The molecular formula is C14H21N3O3S. The summed E-state index contributed by atoms with van der Waals surface area (Å²) < 4.78 is 25.1. The highest BCUT2D eigenvalue weighted by atomic mass is 32.2. The van der Waals surface area contributed by atoms with Crippen molar-refractivity contribution in [2.75, 3.05) is 24.1 Å². The number of rotatable bonds is 4. The van der Waals surface area contributed by atoms with Gasteiger partial charge in [-0.25, -0.2) is 8.42 Å². The van der Waals surface area contributed by atoms with E-state index in [0.29, 0.717) is 17.2 Å². The van der Waals surface area contributed by atoms with Crippen molar-refractivity contribution >= 4 is 21.6 Å². The molecule has 7 heteroatoms. The van der Waals surface area contributed by atoms with Crippen LogP contribution in [-0.2, 0) is 10.0 Å². The quantitative estimate of drug-likeness (QED) is 0.767. The number of carbonyl (C=O) groups is 1. The summed E-state index contributed by atoms with van der Waals surface area (Å²) in [4.78, 5) is 12.4. The van der Waals surface area contributed by atoms with Gasteiger partial charge in [0.05, 0.1) is 17.5 Å². The highest BCUT2D eigenvalue weighted by molar-refractivity contribution is 7.92. The largest absolute Gasteiger partial charge is 0.349 e. The molecule has 1 aliphatic rings. The van der Waals surface area contributed by atoms with Crippen molar-refractivity contribution < 1.29 is 13.2 Å². The lowest BCUT2D eigenvalue weighted by atomic mass is 9.95. The summed E-state index contributed by atoms with van der Waals surface area (Å²) in [6, 6.07) is 6.72. The maximum Gasteiger partial charge on any atom is 0.253 e. The number of benzene rings is 1. The molecule has 6 nitrogen and oxygen atoms in total. The second-order valence-electron chi connectivity index (χ2n) is 5.47. The predicted molar refractivity (Wildman–Crippen MR) is 82.8 cm³/mol. The first-order chi connectivity index (χ1) is 9.87. The maximum atomic E-state index is 12.4. The van der Waals surface area contributed by atoms with Crippen LogP contribution in [0.25, 0.3) is 0 Å². The molecule has 116 valence electrons. The summed E-state index contributed by atoms with van der Waals surface area (Å²) in [5.41, 5.74) is 0.646. The Hall–Kier alpha value is -1.60. The summed E-state index contributed by atoms with van der Waals surface area (Å²) in [5, 5.41) is 6.27. The van der Waals surface area contributed by atoms with Crippen molar-refractivity contribution in [2.24, 2.45) is 5.92 Å². The molecule has 0 spiro atoms. The standard InChI is InChI=1S/C14H21N3O3S/c1-10-9-15-8-7-12(10)16-14(18)11-5-3-4-6-13(11)17-21(2,19)20/h3-6,10,12,15,17H,7-9H2,1-2H3,(H,16,18). The van der Waals surface area contributed by atoms with Crippen molar-refractivity contribution in [1.82, 2.24) is 10.6 Å². The van der Waals surface area contributed by atoms with Crippen LogP contribution in [0.1, 0.15) is 23.7 Å². The third-order valence-electron chi connectivity index (χ3n) is 3.57. The molecule has 1 aromatic carbocycles. The van der Waals surface area contributed by atoms with E-state index in [0.717, 1.165) is 25.8 Å². The van der Waals surface area contributed by atoms with Crippen molar-refractivity contribution in [1.29, 1.82) is 0 Å². The van der Waals surface area contributed by atoms with E-state index in [-0.39, 0.29) is 11.9 Å². The minimum Gasteiger partial charge on any atom is -0.349 e. The van der Waals surface area contributed by atoms with Crippen LogP contribution < -0.4 is 15.4 Å². The highest BCUT2D eigenvalue weighted by Gasteiger charge is 2.24. The molecule has 1 fully saturated rings. The third kappa shape index (κ3) is 4.44. The number of hydrogen-bond acceptors (Lipinski definition) is 4. The van der Waals surface area contributed by atoms with Gasteiger partial charge in [-0.15, -0.1) is 0 Å². The first kappa shape index (κ1) is 15.8. The Morgan fingerprint density at radius 1 is 1.33 bits per heavy atom. The van der Waals surface area contributed by atoms with Gasteiger partial charge < -0.3 is 10.6 Å². The number of hydrogen-bond donors (Lipinski definition) is 3. The summed E-state index contributed by atoms with van der Waals surface area (Å²) in [6.45, 7) is 3.82. The number of anilines is 1. The number of carbonyl (C=O) groups excluding carboxylic acids is 1. The molecule has 0 bridgehead atoms. The zero-order chi connectivity index (χ0) is 15.5. The van der Waals surface area contributed by atoms with E-state index in [1.165, 1.54) is 0 Å². The lowest BCUT2D eigenvalue weighted by Crippen LogP contribution is -2.48. The normalized spacial score (nSPS) is 22.6. The number of sulfonamides is 1. The van der Waals surface area contributed by atoms with Gasteiger partial charge in [-0.3, -0.25) is 9.52 Å². The van der Waals surface area contributed by atoms with Crippen molar-refractivity contribution in [3.05, 3.63) is 29.8 Å². The Morgan fingerprint density at radius 2 is 2.05 bits per heavy atom. The fraction of sp³-hybridized carbons (Fsp3) is 0.500. The Kier molecular flexibility index (Phi) is 4.84. The Morgan fingerprint density at radius 3 is 2.71 bits per heavy atom. The molecule has 3 N–H and O–H groups in total. The zero-order valence-electron chi connectivity index (χ0n) is 12.2. The molecule has 0 saturated carbocycles. The molecule has 1 aliphatic heterocycles. The molecule has 0 radical (unpaired) electrons. The summed E-state index contributed by atoms with van der Waals surface area (Å²) in [6.07, 6.45) is 1.94. The Labute approximate surface area is 125 Å². The molecule has 0 aromatic heterocycles. The summed E-state index contributed by atoms with van der Waals surface area (Å²) in [7, 11) is -3.42. The minimum absolute atomic E-state index is 0.102. The van der Waals surface area contributed by atoms with E-state index in [1.54, 1.807) is 24.3 Å². The van der Waals surface area contributed by atoms with Gasteiger partial charge in [-0.1, -0.05) is 19.1 Å². The van der Waals surface area contributed by atoms with Gasteiger partial charge in [0.25, 0.3) is 5.91 Å². The van der Waals surface area contributed by atoms with Gasteiger partial charge in [0.2, 0.25) is 10.0 Å². The smallest absolute Gasteiger partial charge is 0.253 e. The maximum absolute atomic E-state index is 12.4. The lowest BCUT2D eigenvalue weighted by Gasteiger charge is -2.30. The molecule has 2 atom stereocenters. The molecule has 2 unspecified atom stereocenters. The fourth-order valence-corrected chi connectivity index (χ4v) is 3.02. The first-order valence-electron chi connectivity index (χ1n) is 6.95. The monoisotopic (exact) mass is 311 g/mol. The van der Waals surface area contributed by atoms with Gasteiger partial charge in [-0.05, 0) is 37.6 Å². The molecule has 1 heterocycles. The second kappa shape index (κ2) is 6.44. The predicted octanol–water partition coefficient (Wildman–Crippen LogP) is 0.786. The number of nitrogens with one attached hydrogen (secondary N) is 3. The second-order valence-corrected chi connectivity index (χ2v) is 7.22. The van der Waals surface area contributed by atoms with Crippen LogP contribution in [0, 0.1) is 5.92 Å². The molecular weight excluding hydrogens is 290 g/mol. The van der Waals surface area contributed by atoms with Crippen LogP contribution >= 0.6 is 0 Å². The van der Waals surface area contributed by atoms with E-state index in [4.69, 9.17) is 0 Å². The van der Waals surface area contributed by atoms with E-state index in [9.17, 15) is 13.2 Å². The third-order valence-corrected chi connectivity index (χ3v) is 4.16. The molecule has 1 saturated heterocycles. The summed E-state index contributed by atoms with van der Waals surface area (Å²) >= 11 is 0. The SMILES string of the molecule is CC1CNCCC1NC(=O)c1ccccc1NS(C)(=O)=O. The highest BCUT2D eigenvalue weighted by Crippen LogP contribution is 2.18.